The van der Waals surface area contributed by atoms with Crippen LogP contribution in [0.3, 0.4) is 0 Å². The molecule has 0 aromatic heterocycles. The van der Waals surface area contributed by atoms with Gasteiger partial charge >= 0.3 is 0 Å². The molecule has 0 amide bonds. The number of hydrogen-bond donors (Lipinski definition) is 0. The van der Waals surface area contributed by atoms with Crippen molar-refractivity contribution >= 4 is 0 Å². The van der Waals surface area contributed by atoms with Gasteiger partial charge in [0.25, 0.3) is 0 Å². The summed E-state index contributed by atoms with van der Waals surface area (Å²) >= 11 is 0. The first kappa shape index (κ1) is 21.3. The number of methoxy groups -OCH3 is 2. The third-order valence-electron chi connectivity index (χ3n) is 4.94. The fourth-order valence-electron chi connectivity index (χ4n) is 3.24. The van der Waals surface area contributed by atoms with Crippen LogP contribution in [0.2, 0.25) is 0 Å². The lowest BCUT2D eigenvalue weighted by molar-refractivity contribution is -0.0260. The minimum absolute atomic E-state index is 0.0970. The molecule has 2 unspecified atom stereocenters. The fourth-order valence-corrected chi connectivity index (χ4v) is 3.24. The summed E-state index contributed by atoms with van der Waals surface area (Å²) in [6.45, 7) is 4.45. The molecule has 2 atom stereocenters. The topological polar surface area (TPSA) is 27.7 Å². The molecule has 0 bridgehead atoms. The van der Waals surface area contributed by atoms with E-state index in [2.05, 4.69) is 38.1 Å². The van der Waals surface area contributed by atoms with Crippen LogP contribution in [0.5, 0.6) is 11.5 Å². The predicted octanol–water partition coefficient (Wildman–Crippen LogP) is 6.88. The maximum Gasteiger partial charge on any atom is 0.118 e. The predicted molar refractivity (Wildman–Crippen MR) is 112 cm³/mol. The Balaban J connectivity index is 2.21. The van der Waals surface area contributed by atoms with E-state index in [1.54, 1.807) is 14.2 Å². The van der Waals surface area contributed by atoms with Gasteiger partial charge in [0.15, 0.2) is 0 Å². The molecule has 0 aliphatic rings. The second-order valence-corrected chi connectivity index (χ2v) is 6.94. The van der Waals surface area contributed by atoms with E-state index >= 15 is 0 Å². The molecule has 0 N–H and O–H groups in total. The SMILES string of the molecule is CCCCC(OC(CCCC)c1ccc(OC)cc1)c1ccc(OC)cc1. The lowest BCUT2D eigenvalue weighted by Crippen LogP contribution is -2.11. The van der Waals surface area contributed by atoms with Gasteiger partial charge < -0.3 is 14.2 Å². The third-order valence-corrected chi connectivity index (χ3v) is 4.94. The number of ether oxygens (including phenoxy) is 3. The van der Waals surface area contributed by atoms with Crippen LogP contribution in [0.1, 0.15) is 75.7 Å². The Hall–Kier alpha value is -2.00. The summed E-state index contributed by atoms with van der Waals surface area (Å²) in [7, 11) is 3.40. The number of rotatable bonds is 12. The zero-order chi connectivity index (χ0) is 19.5. The van der Waals surface area contributed by atoms with Gasteiger partial charge in [-0.15, -0.1) is 0 Å². The van der Waals surface area contributed by atoms with E-state index in [-0.39, 0.29) is 12.2 Å². The van der Waals surface area contributed by atoms with Crippen molar-refractivity contribution in [1.82, 2.24) is 0 Å². The maximum atomic E-state index is 6.69. The van der Waals surface area contributed by atoms with E-state index in [0.29, 0.717) is 0 Å². The van der Waals surface area contributed by atoms with Crippen LogP contribution in [0.4, 0.5) is 0 Å². The van der Waals surface area contributed by atoms with Crippen molar-refractivity contribution in [3.8, 4) is 11.5 Å². The van der Waals surface area contributed by atoms with Gasteiger partial charge in [-0.3, -0.25) is 0 Å². The Morgan fingerprint density at radius 2 is 1.00 bits per heavy atom. The van der Waals surface area contributed by atoms with Crippen LogP contribution in [0.15, 0.2) is 48.5 Å². The molecule has 2 rings (SSSR count). The summed E-state index contributed by atoms with van der Waals surface area (Å²) in [6.07, 6.45) is 6.89. The van der Waals surface area contributed by atoms with Crippen molar-refractivity contribution in [2.75, 3.05) is 14.2 Å². The van der Waals surface area contributed by atoms with E-state index in [9.17, 15) is 0 Å². The molecule has 0 fully saturated rings. The Bertz CT molecular complexity index is 576. The third kappa shape index (κ3) is 6.59. The average molecular weight is 371 g/mol. The molecule has 148 valence electrons. The van der Waals surface area contributed by atoms with Crippen molar-refractivity contribution < 1.29 is 14.2 Å². The lowest BCUT2D eigenvalue weighted by Gasteiger charge is -2.26. The highest BCUT2D eigenvalue weighted by atomic mass is 16.5. The van der Waals surface area contributed by atoms with E-state index in [1.165, 1.54) is 11.1 Å². The Morgan fingerprint density at radius 3 is 1.30 bits per heavy atom. The second-order valence-electron chi connectivity index (χ2n) is 6.94. The molecule has 0 radical (unpaired) electrons. The summed E-state index contributed by atoms with van der Waals surface area (Å²) < 4.78 is 17.3. The molecule has 0 aliphatic carbocycles. The number of benzene rings is 2. The maximum absolute atomic E-state index is 6.69. The first-order chi connectivity index (χ1) is 13.2. The van der Waals surface area contributed by atoms with Gasteiger partial charge in [0.2, 0.25) is 0 Å². The molecular weight excluding hydrogens is 336 g/mol. The Kier molecular flexibility index (Phi) is 9.20. The van der Waals surface area contributed by atoms with Crippen molar-refractivity contribution in [3.05, 3.63) is 59.7 Å². The number of hydrogen-bond acceptors (Lipinski definition) is 3. The van der Waals surface area contributed by atoms with E-state index in [1.807, 2.05) is 24.3 Å². The Labute approximate surface area is 164 Å². The smallest absolute Gasteiger partial charge is 0.118 e. The van der Waals surface area contributed by atoms with Gasteiger partial charge in [0.05, 0.1) is 26.4 Å². The molecular formula is C24H34O3. The van der Waals surface area contributed by atoms with Crippen molar-refractivity contribution in [3.63, 3.8) is 0 Å². The van der Waals surface area contributed by atoms with Gasteiger partial charge in [-0.25, -0.2) is 0 Å². The van der Waals surface area contributed by atoms with Crippen LogP contribution < -0.4 is 9.47 Å². The van der Waals surface area contributed by atoms with Crippen LogP contribution in [0.25, 0.3) is 0 Å². The van der Waals surface area contributed by atoms with Crippen LogP contribution >= 0.6 is 0 Å². The molecule has 0 aliphatic heterocycles. The fraction of sp³-hybridized carbons (Fsp3) is 0.500. The van der Waals surface area contributed by atoms with Gasteiger partial charge in [-0.1, -0.05) is 63.8 Å². The largest absolute Gasteiger partial charge is 0.497 e. The minimum Gasteiger partial charge on any atom is -0.497 e. The molecule has 0 saturated heterocycles. The summed E-state index contributed by atoms with van der Waals surface area (Å²) in [4.78, 5) is 0. The Morgan fingerprint density at radius 1 is 0.630 bits per heavy atom. The molecule has 3 heteroatoms. The zero-order valence-corrected chi connectivity index (χ0v) is 17.2. The van der Waals surface area contributed by atoms with E-state index in [4.69, 9.17) is 14.2 Å². The van der Waals surface area contributed by atoms with Gasteiger partial charge in [-0.2, -0.15) is 0 Å². The minimum atomic E-state index is 0.0970. The molecule has 3 nitrogen and oxygen atoms in total. The molecule has 0 saturated carbocycles. The lowest BCUT2D eigenvalue weighted by atomic mass is 10.00. The van der Waals surface area contributed by atoms with Gasteiger partial charge in [0, 0.05) is 0 Å². The first-order valence-electron chi connectivity index (χ1n) is 10.1. The highest BCUT2D eigenvalue weighted by Gasteiger charge is 2.20. The molecule has 2 aromatic rings. The summed E-state index contributed by atoms with van der Waals surface area (Å²) in [5.74, 6) is 1.76. The van der Waals surface area contributed by atoms with Crippen LogP contribution in [-0.4, -0.2) is 14.2 Å². The zero-order valence-electron chi connectivity index (χ0n) is 17.2. The van der Waals surface area contributed by atoms with E-state index < -0.39 is 0 Å². The highest BCUT2D eigenvalue weighted by molar-refractivity contribution is 5.30. The second kappa shape index (κ2) is 11.7. The monoisotopic (exact) mass is 370 g/mol. The average Bonchev–Trinajstić information content (AvgIpc) is 2.73. The van der Waals surface area contributed by atoms with Crippen LogP contribution in [-0.2, 0) is 4.74 Å². The molecule has 2 aromatic carbocycles. The quantitative estimate of drug-likeness (QED) is 0.407. The summed E-state index contributed by atoms with van der Waals surface area (Å²) in [5, 5.41) is 0. The normalized spacial score (nSPS) is 13.2. The standard InChI is InChI=1S/C24H34O3/c1-5-7-9-23(19-11-15-21(25-3)16-12-19)27-24(10-8-6-2)20-13-17-22(26-4)18-14-20/h11-18,23-24H,5-10H2,1-4H3. The summed E-state index contributed by atoms with van der Waals surface area (Å²) in [5.41, 5.74) is 2.44. The van der Waals surface area contributed by atoms with Crippen molar-refractivity contribution in [2.24, 2.45) is 0 Å². The van der Waals surface area contributed by atoms with Crippen LogP contribution in [0, 0.1) is 0 Å². The highest BCUT2D eigenvalue weighted by Crippen LogP contribution is 2.34. The van der Waals surface area contributed by atoms with Crippen molar-refractivity contribution in [1.29, 1.82) is 0 Å². The van der Waals surface area contributed by atoms with E-state index in [0.717, 1.165) is 50.0 Å². The molecule has 27 heavy (non-hydrogen) atoms. The molecule has 0 heterocycles. The molecule has 0 spiro atoms. The summed E-state index contributed by atoms with van der Waals surface area (Å²) in [6, 6.07) is 16.6. The number of unbranched alkanes of at least 4 members (excludes halogenated alkanes) is 2. The first-order valence-corrected chi connectivity index (χ1v) is 10.1. The van der Waals surface area contributed by atoms with Crippen molar-refractivity contribution in [2.45, 2.75) is 64.6 Å². The van der Waals surface area contributed by atoms with Gasteiger partial charge in [0.1, 0.15) is 11.5 Å². The van der Waals surface area contributed by atoms with Gasteiger partial charge in [-0.05, 0) is 48.2 Å².